The third-order valence-corrected chi connectivity index (χ3v) is 3.72. The third-order valence-electron chi connectivity index (χ3n) is 3.72. The number of hydrogen-bond acceptors (Lipinski definition) is 2. The lowest BCUT2D eigenvalue weighted by Gasteiger charge is -2.28. The molecule has 0 amide bonds. The van der Waals surface area contributed by atoms with Gasteiger partial charge in [-0.3, -0.25) is 0 Å². The van der Waals surface area contributed by atoms with E-state index in [1.165, 1.54) is 25.7 Å². The quantitative estimate of drug-likeness (QED) is 0.838. The van der Waals surface area contributed by atoms with Crippen LogP contribution in [0.5, 0.6) is 0 Å². The van der Waals surface area contributed by atoms with E-state index in [1.807, 2.05) is 30.3 Å². The highest BCUT2D eigenvalue weighted by molar-refractivity contribution is 5.17. The van der Waals surface area contributed by atoms with Crippen molar-refractivity contribution in [3.63, 3.8) is 0 Å². The SMILES string of the molecule is CC1CCCC(NCC(O)c2ccccc2)C1. The van der Waals surface area contributed by atoms with Gasteiger partial charge in [0, 0.05) is 12.6 Å². The van der Waals surface area contributed by atoms with Crippen LogP contribution in [0.15, 0.2) is 30.3 Å². The Morgan fingerprint density at radius 1 is 1.29 bits per heavy atom. The highest BCUT2D eigenvalue weighted by Gasteiger charge is 2.19. The Labute approximate surface area is 104 Å². The van der Waals surface area contributed by atoms with E-state index in [-0.39, 0.29) is 6.10 Å². The molecule has 0 spiro atoms. The van der Waals surface area contributed by atoms with Crippen molar-refractivity contribution in [3.05, 3.63) is 35.9 Å². The Kier molecular flexibility index (Phi) is 4.57. The molecule has 0 heterocycles. The molecule has 17 heavy (non-hydrogen) atoms. The molecule has 3 unspecified atom stereocenters. The van der Waals surface area contributed by atoms with Crippen LogP contribution in [0.4, 0.5) is 0 Å². The average Bonchev–Trinajstić information content (AvgIpc) is 2.37. The molecule has 2 rings (SSSR count). The van der Waals surface area contributed by atoms with Gasteiger partial charge in [-0.25, -0.2) is 0 Å². The molecule has 1 aliphatic rings. The van der Waals surface area contributed by atoms with Crippen LogP contribution in [0.3, 0.4) is 0 Å². The zero-order valence-electron chi connectivity index (χ0n) is 10.6. The van der Waals surface area contributed by atoms with E-state index in [0.717, 1.165) is 11.5 Å². The molecule has 2 N–H and O–H groups in total. The van der Waals surface area contributed by atoms with Crippen molar-refractivity contribution in [1.29, 1.82) is 0 Å². The van der Waals surface area contributed by atoms with E-state index >= 15 is 0 Å². The summed E-state index contributed by atoms with van der Waals surface area (Å²) in [5, 5.41) is 13.6. The zero-order chi connectivity index (χ0) is 12.1. The first-order valence-electron chi connectivity index (χ1n) is 6.72. The first-order chi connectivity index (χ1) is 8.25. The van der Waals surface area contributed by atoms with Crippen LogP contribution in [-0.2, 0) is 0 Å². The lowest BCUT2D eigenvalue weighted by molar-refractivity contribution is 0.162. The predicted octanol–water partition coefficient (Wildman–Crippen LogP) is 2.89. The van der Waals surface area contributed by atoms with E-state index in [4.69, 9.17) is 0 Å². The van der Waals surface area contributed by atoms with Gasteiger partial charge in [0.2, 0.25) is 0 Å². The molecule has 0 saturated heterocycles. The second kappa shape index (κ2) is 6.18. The summed E-state index contributed by atoms with van der Waals surface area (Å²) in [6.07, 6.45) is 4.81. The van der Waals surface area contributed by atoms with Crippen molar-refractivity contribution in [2.75, 3.05) is 6.54 Å². The topological polar surface area (TPSA) is 32.3 Å². The third kappa shape index (κ3) is 3.83. The minimum atomic E-state index is -0.381. The first kappa shape index (κ1) is 12.6. The van der Waals surface area contributed by atoms with Gasteiger partial charge in [-0.2, -0.15) is 0 Å². The highest BCUT2D eigenvalue weighted by Crippen LogP contribution is 2.23. The molecule has 1 aromatic rings. The molecule has 1 aromatic carbocycles. The average molecular weight is 233 g/mol. The Balaban J connectivity index is 1.78. The number of aliphatic hydroxyl groups excluding tert-OH is 1. The molecule has 0 bridgehead atoms. The molecule has 1 fully saturated rings. The minimum Gasteiger partial charge on any atom is -0.387 e. The Morgan fingerprint density at radius 2 is 2.06 bits per heavy atom. The summed E-state index contributed by atoms with van der Waals surface area (Å²) in [6, 6.07) is 10.5. The maximum Gasteiger partial charge on any atom is 0.0914 e. The molecule has 3 atom stereocenters. The van der Waals surface area contributed by atoms with Crippen molar-refractivity contribution in [2.45, 2.75) is 44.8 Å². The smallest absolute Gasteiger partial charge is 0.0914 e. The summed E-state index contributed by atoms with van der Waals surface area (Å²) < 4.78 is 0. The minimum absolute atomic E-state index is 0.381. The summed E-state index contributed by atoms with van der Waals surface area (Å²) in [5.41, 5.74) is 1.00. The van der Waals surface area contributed by atoms with Gasteiger partial charge in [-0.05, 0) is 24.3 Å². The van der Waals surface area contributed by atoms with Crippen LogP contribution in [0.2, 0.25) is 0 Å². The van der Waals surface area contributed by atoms with E-state index < -0.39 is 0 Å². The summed E-state index contributed by atoms with van der Waals surface area (Å²) in [5.74, 6) is 0.829. The van der Waals surface area contributed by atoms with Crippen LogP contribution < -0.4 is 5.32 Å². The van der Waals surface area contributed by atoms with E-state index in [0.29, 0.717) is 12.6 Å². The van der Waals surface area contributed by atoms with Crippen molar-refractivity contribution in [1.82, 2.24) is 5.32 Å². The fourth-order valence-electron chi connectivity index (χ4n) is 2.69. The van der Waals surface area contributed by atoms with Gasteiger partial charge in [0.1, 0.15) is 0 Å². The molecule has 1 aliphatic carbocycles. The van der Waals surface area contributed by atoms with Crippen LogP contribution >= 0.6 is 0 Å². The standard InChI is InChI=1S/C15H23NO/c1-12-6-5-9-14(10-12)16-11-15(17)13-7-3-2-4-8-13/h2-4,7-8,12,14-17H,5-6,9-11H2,1H3. The molecule has 1 saturated carbocycles. The van der Waals surface area contributed by atoms with E-state index in [2.05, 4.69) is 12.2 Å². The van der Waals surface area contributed by atoms with Gasteiger partial charge >= 0.3 is 0 Å². The van der Waals surface area contributed by atoms with Crippen LogP contribution in [-0.4, -0.2) is 17.7 Å². The Bertz CT molecular complexity index is 325. The molecule has 2 nitrogen and oxygen atoms in total. The zero-order valence-corrected chi connectivity index (χ0v) is 10.6. The number of nitrogens with one attached hydrogen (secondary N) is 1. The first-order valence-corrected chi connectivity index (χ1v) is 6.72. The predicted molar refractivity (Wildman–Crippen MR) is 70.8 cm³/mol. The van der Waals surface area contributed by atoms with Gasteiger partial charge in [0.25, 0.3) is 0 Å². The fraction of sp³-hybridized carbons (Fsp3) is 0.600. The molecule has 2 heteroatoms. The molecule has 0 aliphatic heterocycles. The molecule has 94 valence electrons. The Morgan fingerprint density at radius 3 is 2.76 bits per heavy atom. The normalized spacial score (nSPS) is 26.7. The Hall–Kier alpha value is -0.860. The lowest BCUT2D eigenvalue weighted by atomic mass is 9.87. The van der Waals surface area contributed by atoms with Crippen molar-refractivity contribution < 1.29 is 5.11 Å². The fourth-order valence-corrected chi connectivity index (χ4v) is 2.69. The van der Waals surface area contributed by atoms with Gasteiger partial charge < -0.3 is 10.4 Å². The summed E-state index contributed by atoms with van der Waals surface area (Å²) >= 11 is 0. The summed E-state index contributed by atoms with van der Waals surface area (Å²) in [6.45, 7) is 2.99. The van der Waals surface area contributed by atoms with Gasteiger partial charge in [0.05, 0.1) is 6.10 Å². The van der Waals surface area contributed by atoms with Gasteiger partial charge in [-0.15, -0.1) is 0 Å². The van der Waals surface area contributed by atoms with Crippen LogP contribution in [0.1, 0.15) is 44.3 Å². The molecular weight excluding hydrogens is 210 g/mol. The maximum absolute atomic E-state index is 10.1. The van der Waals surface area contributed by atoms with Gasteiger partial charge in [-0.1, -0.05) is 50.1 Å². The molecular formula is C15H23NO. The second-order valence-corrected chi connectivity index (χ2v) is 5.30. The van der Waals surface area contributed by atoms with Crippen molar-refractivity contribution >= 4 is 0 Å². The van der Waals surface area contributed by atoms with Crippen molar-refractivity contribution in [3.8, 4) is 0 Å². The van der Waals surface area contributed by atoms with Crippen LogP contribution in [0.25, 0.3) is 0 Å². The maximum atomic E-state index is 10.1. The number of hydrogen-bond donors (Lipinski definition) is 2. The highest BCUT2D eigenvalue weighted by atomic mass is 16.3. The second-order valence-electron chi connectivity index (χ2n) is 5.30. The van der Waals surface area contributed by atoms with E-state index in [9.17, 15) is 5.11 Å². The van der Waals surface area contributed by atoms with Gasteiger partial charge in [0.15, 0.2) is 0 Å². The molecule has 0 aromatic heterocycles. The number of benzene rings is 1. The number of rotatable bonds is 4. The largest absolute Gasteiger partial charge is 0.387 e. The van der Waals surface area contributed by atoms with E-state index in [1.54, 1.807) is 0 Å². The van der Waals surface area contributed by atoms with Crippen molar-refractivity contribution in [2.24, 2.45) is 5.92 Å². The monoisotopic (exact) mass is 233 g/mol. The molecule has 0 radical (unpaired) electrons. The summed E-state index contributed by atoms with van der Waals surface area (Å²) in [4.78, 5) is 0. The van der Waals surface area contributed by atoms with Crippen LogP contribution in [0, 0.1) is 5.92 Å². The lowest BCUT2D eigenvalue weighted by Crippen LogP contribution is -2.36. The summed E-state index contributed by atoms with van der Waals surface area (Å²) in [7, 11) is 0. The number of aliphatic hydroxyl groups is 1.